The summed E-state index contributed by atoms with van der Waals surface area (Å²) >= 11 is 0. The Bertz CT molecular complexity index is 528. The Kier molecular flexibility index (Phi) is 6.44. The molecule has 1 saturated carbocycles. The molecular formula is C18H26N2O3. The lowest BCUT2D eigenvalue weighted by atomic mass is 9.86. The monoisotopic (exact) mass is 318 g/mol. The summed E-state index contributed by atoms with van der Waals surface area (Å²) in [6.45, 7) is 4.68. The number of carbonyl (C=O) groups is 2. The highest BCUT2D eigenvalue weighted by Crippen LogP contribution is 2.23. The molecule has 2 amide bonds. The van der Waals surface area contributed by atoms with Crippen molar-refractivity contribution < 1.29 is 14.3 Å². The lowest BCUT2D eigenvalue weighted by Gasteiger charge is -2.29. The van der Waals surface area contributed by atoms with Crippen LogP contribution in [0.2, 0.25) is 0 Å². The number of benzene rings is 1. The van der Waals surface area contributed by atoms with Gasteiger partial charge >= 0.3 is 0 Å². The maximum atomic E-state index is 12.0. The second-order valence-corrected chi connectivity index (χ2v) is 6.08. The Labute approximate surface area is 137 Å². The SMILES string of the molecule is CCOc1ccc(C(=O)NCC(=O)N[C@@H]2CCCC[C@@H]2C)cc1. The van der Waals surface area contributed by atoms with E-state index in [-0.39, 0.29) is 24.4 Å². The van der Waals surface area contributed by atoms with Crippen molar-refractivity contribution in [3.8, 4) is 5.75 Å². The summed E-state index contributed by atoms with van der Waals surface area (Å²) in [5, 5.41) is 5.69. The molecule has 0 saturated heterocycles. The van der Waals surface area contributed by atoms with Gasteiger partial charge in [-0.05, 0) is 49.9 Å². The summed E-state index contributed by atoms with van der Waals surface area (Å²) < 4.78 is 5.34. The second kappa shape index (κ2) is 8.56. The third kappa shape index (κ3) is 5.27. The van der Waals surface area contributed by atoms with E-state index in [1.54, 1.807) is 24.3 Å². The van der Waals surface area contributed by atoms with Crippen LogP contribution in [-0.2, 0) is 4.79 Å². The van der Waals surface area contributed by atoms with Crippen LogP contribution in [-0.4, -0.2) is 31.0 Å². The van der Waals surface area contributed by atoms with E-state index >= 15 is 0 Å². The first kappa shape index (κ1) is 17.3. The maximum absolute atomic E-state index is 12.0. The van der Waals surface area contributed by atoms with E-state index in [4.69, 9.17) is 4.74 Å². The van der Waals surface area contributed by atoms with E-state index in [2.05, 4.69) is 17.6 Å². The van der Waals surface area contributed by atoms with Gasteiger partial charge < -0.3 is 15.4 Å². The van der Waals surface area contributed by atoms with Gasteiger partial charge in [0, 0.05) is 11.6 Å². The molecule has 1 aliphatic rings. The van der Waals surface area contributed by atoms with Crippen LogP contribution in [0.3, 0.4) is 0 Å². The van der Waals surface area contributed by atoms with E-state index in [1.165, 1.54) is 6.42 Å². The quantitative estimate of drug-likeness (QED) is 0.847. The first-order chi connectivity index (χ1) is 11.1. The van der Waals surface area contributed by atoms with Crippen LogP contribution in [0.5, 0.6) is 5.75 Å². The molecular weight excluding hydrogens is 292 g/mol. The Morgan fingerprint density at radius 1 is 1.17 bits per heavy atom. The standard InChI is InChI=1S/C18H26N2O3/c1-3-23-15-10-8-14(9-11-15)18(22)19-12-17(21)20-16-7-5-4-6-13(16)2/h8-11,13,16H,3-7,12H2,1-2H3,(H,19,22)(H,20,21)/t13-,16+/m0/s1. The average Bonchev–Trinajstić information content (AvgIpc) is 2.56. The van der Waals surface area contributed by atoms with Crippen molar-refractivity contribution in [3.63, 3.8) is 0 Å². The first-order valence-electron chi connectivity index (χ1n) is 8.40. The van der Waals surface area contributed by atoms with Gasteiger partial charge in [-0.15, -0.1) is 0 Å². The molecule has 0 aromatic heterocycles. The fourth-order valence-electron chi connectivity index (χ4n) is 2.92. The zero-order valence-electron chi connectivity index (χ0n) is 13.9. The molecule has 126 valence electrons. The summed E-state index contributed by atoms with van der Waals surface area (Å²) in [5.41, 5.74) is 0.521. The van der Waals surface area contributed by atoms with Crippen LogP contribution in [0, 0.1) is 5.92 Å². The minimum Gasteiger partial charge on any atom is -0.494 e. The fourth-order valence-corrected chi connectivity index (χ4v) is 2.92. The van der Waals surface area contributed by atoms with Gasteiger partial charge in [0.15, 0.2) is 0 Å². The van der Waals surface area contributed by atoms with Crippen molar-refractivity contribution in [3.05, 3.63) is 29.8 Å². The molecule has 1 aromatic carbocycles. The Morgan fingerprint density at radius 3 is 2.52 bits per heavy atom. The Hall–Kier alpha value is -2.04. The molecule has 2 N–H and O–H groups in total. The van der Waals surface area contributed by atoms with E-state index in [0.717, 1.165) is 25.0 Å². The van der Waals surface area contributed by atoms with Crippen molar-refractivity contribution in [2.45, 2.75) is 45.6 Å². The van der Waals surface area contributed by atoms with Crippen molar-refractivity contribution in [1.29, 1.82) is 0 Å². The van der Waals surface area contributed by atoms with E-state index in [1.807, 2.05) is 6.92 Å². The van der Waals surface area contributed by atoms with Crippen LogP contribution in [0.4, 0.5) is 0 Å². The van der Waals surface area contributed by atoms with Crippen molar-refractivity contribution >= 4 is 11.8 Å². The molecule has 0 spiro atoms. The number of rotatable bonds is 6. The van der Waals surface area contributed by atoms with Gasteiger partial charge in [0.05, 0.1) is 13.2 Å². The van der Waals surface area contributed by atoms with Crippen molar-refractivity contribution in [2.24, 2.45) is 5.92 Å². The second-order valence-electron chi connectivity index (χ2n) is 6.08. The van der Waals surface area contributed by atoms with Gasteiger partial charge in [-0.25, -0.2) is 0 Å². The summed E-state index contributed by atoms with van der Waals surface area (Å²) in [5.74, 6) is 0.866. The largest absolute Gasteiger partial charge is 0.494 e. The smallest absolute Gasteiger partial charge is 0.251 e. The van der Waals surface area contributed by atoms with E-state index in [9.17, 15) is 9.59 Å². The molecule has 23 heavy (non-hydrogen) atoms. The van der Waals surface area contributed by atoms with Gasteiger partial charge in [-0.2, -0.15) is 0 Å². The van der Waals surface area contributed by atoms with Crippen LogP contribution in [0.25, 0.3) is 0 Å². The molecule has 5 nitrogen and oxygen atoms in total. The molecule has 0 unspecified atom stereocenters. The molecule has 5 heteroatoms. The highest BCUT2D eigenvalue weighted by molar-refractivity contribution is 5.96. The van der Waals surface area contributed by atoms with Gasteiger partial charge in [-0.3, -0.25) is 9.59 Å². The van der Waals surface area contributed by atoms with E-state index < -0.39 is 0 Å². The summed E-state index contributed by atoms with van der Waals surface area (Å²) in [4.78, 5) is 24.0. The Morgan fingerprint density at radius 2 is 1.87 bits per heavy atom. The first-order valence-corrected chi connectivity index (χ1v) is 8.40. The number of amides is 2. The van der Waals surface area contributed by atoms with Gasteiger partial charge in [0.1, 0.15) is 5.75 Å². The molecule has 0 aliphatic heterocycles. The van der Waals surface area contributed by atoms with Crippen molar-refractivity contribution in [2.75, 3.05) is 13.2 Å². The predicted octanol–water partition coefficient (Wildman–Crippen LogP) is 2.51. The van der Waals surface area contributed by atoms with Crippen LogP contribution in [0.1, 0.15) is 49.9 Å². The molecule has 2 atom stereocenters. The molecule has 1 aromatic rings. The lowest BCUT2D eigenvalue weighted by molar-refractivity contribution is -0.121. The highest BCUT2D eigenvalue weighted by Gasteiger charge is 2.22. The van der Waals surface area contributed by atoms with Crippen LogP contribution < -0.4 is 15.4 Å². The van der Waals surface area contributed by atoms with Gasteiger partial charge in [0.2, 0.25) is 5.91 Å². The predicted molar refractivity (Wildman–Crippen MR) is 89.5 cm³/mol. The molecule has 0 heterocycles. The zero-order valence-corrected chi connectivity index (χ0v) is 13.9. The number of carbonyl (C=O) groups excluding carboxylic acids is 2. The number of ether oxygens (including phenoxy) is 1. The highest BCUT2D eigenvalue weighted by atomic mass is 16.5. The van der Waals surface area contributed by atoms with Crippen LogP contribution in [0.15, 0.2) is 24.3 Å². The molecule has 1 aliphatic carbocycles. The summed E-state index contributed by atoms with van der Waals surface area (Å²) in [6, 6.07) is 7.13. The van der Waals surface area contributed by atoms with Gasteiger partial charge in [-0.1, -0.05) is 19.8 Å². The molecule has 0 radical (unpaired) electrons. The number of hydrogen-bond acceptors (Lipinski definition) is 3. The minimum atomic E-state index is -0.250. The summed E-state index contributed by atoms with van der Waals surface area (Å²) in [6.07, 6.45) is 4.58. The van der Waals surface area contributed by atoms with Gasteiger partial charge in [0.25, 0.3) is 5.91 Å². The fraction of sp³-hybridized carbons (Fsp3) is 0.556. The summed E-state index contributed by atoms with van der Waals surface area (Å²) in [7, 11) is 0. The molecule has 0 bridgehead atoms. The third-order valence-electron chi connectivity index (χ3n) is 4.29. The molecule has 2 rings (SSSR count). The Balaban J connectivity index is 1.77. The third-order valence-corrected chi connectivity index (χ3v) is 4.29. The minimum absolute atomic E-state index is 0.00919. The lowest BCUT2D eigenvalue weighted by Crippen LogP contribution is -2.45. The normalized spacial score (nSPS) is 20.6. The zero-order chi connectivity index (χ0) is 16.7. The molecule has 1 fully saturated rings. The topological polar surface area (TPSA) is 67.4 Å². The van der Waals surface area contributed by atoms with Crippen molar-refractivity contribution in [1.82, 2.24) is 10.6 Å². The van der Waals surface area contributed by atoms with Crippen LogP contribution >= 0.6 is 0 Å². The maximum Gasteiger partial charge on any atom is 0.251 e. The van der Waals surface area contributed by atoms with E-state index in [0.29, 0.717) is 18.1 Å². The average molecular weight is 318 g/mol. The number of nitrogens with one attached hydrogen (secondary N) is 2. The number of hydrogen-bond donors (Lipinski definition) is 2.